The van der Waals surface area contributed by atoms with Crippen LogP contribution in [0.3, 0.4) is 0 Å². The molecule has 0 aromatic heterocycles. The summed E-state index contributed by atoms with van der Waals surface area (Å²) >= 11 is 0. The molecule has 1 unspecified atom stereocenters. The van der Waals surface area contributed by atoms with Gasteiger partial charge in [-0.3, -0.25) is 4.79 Å². The van der Waals surface area contributed by atoms with Gasteiger partial charge in [0.25, 0.3) is 0 Å². The molecular weight excluding hydrogens is 280 g/mol. The first kappa shape index (κ1) is 14.0. The fourth-order valence-corrected chi connectivity index (χ4v) is 2.94. The number of alkyl halides is 1. The number of benzene rings is 1. The molecule has 0 bridgehead atoms. The van der Waals surface area contributed by atoms with Crippen LogP contribution in [-0.2, 0) is 15.0 Å². The summed E-state index contributed by atoms with van der Waals surface area (Å²) in [7, 11) is 0. The van der Waals surface area contributed by atoms with E-state index in [1.54, 1.807) is 12.1 Å². The average molecular weight is 295 g/mol. The second-order valence-corrected chi connectivity index (χ2v) is 5.84. The summed E-state index contributed by atoms with van der Waals surface area (Å²) in [5, 5.41) is 8.88. The highest BCUT2D eigenvalue weighted by Crippen LogP contribution is 2.50. The highest BCUT2D eigenvalue weighted by molar-refractivity contribution is 5.92. The zero-order valence-corrected chi connectivity index (χ0v) is 11.3. The maximum atomic E-state index is 14.1. The smallest absolute Gasteiger partial charge is 0.343 e. The lowest BCUT2D eigenvalue weighted by molar-refractivity contribution is -0.150. The molecule has 1 heterocycles. The molecule has 1 amide bonds. The number of halogens is 2. The van der Waals surface area contributed by atoms with Crippen molar-refractivity contribution in [1.29, 1.82) is 0 Å². The first-order valence-electron chi connectivity index (χ1n) is 6.85. The predicted molar refractivity (Wildman–Crippen MR) is 70.0 cm³/mol. The Morgan fingerprint density at radius 3 is 2.24 bits per heavy atom. The number of carbonyl (C=O) groups is 2. The second-order valence-electron chi connectivity index (χ2n) is 5.84. The largest absolute Gasteiger partial charge is 0.479 e. The van der Waals surface area contributed by atoms with Crippen LogP contribution in [0.2, 0.25) is 0 Å². The molecule has 1 aliphatic carbocycles. The molecule has 4 nitrogen and oxygen atoms in total. The van der Waals surface area contributed by atoms with Gasteiger partial charge in [-0.15, -0.1) is 0 Å². The minimum absolute atomic E-state index is 0.102. The molecular formula is C15H15F2NO3. The van der Waals surface area contributed by atoms with E-state index in [2.05, 4.69) is 0 Å². The van der Waals surface area contributed by atoms with Crippen molar-refractivity contribution in [3.63, 3.8) is 0 Å². The maximum absolute atomic E-state index is 14.1. The summed E-state index contributed by atoms with van der Waals surface area (Å²) in [4.78, 5) is 24.8. The Labute approximate surface area is 120 Å². The van der Waals surface area contributed by atoms with E-state index in [1.165, 1.54) is 17.0 Å². The van der Waals surface area contributed by atoms with Gasteiger partial charge in [-0.05, 0) is 30.5 Å². The van der Waals surface area contributed by atoms with E-state index in [9.17, 15) is 18.4 Å². The van der Waals surface area contributed by atoms with Crippen LogP contribution in [0.4, 0.5) is 8.78 Å². The Balaban J connectivity index is 1.80. The zero-order chi connectivity index (χ0) is 15.3. The van der Waals surface area contributed by atoms with Crippen LogP contribution in [0.25, 0.3) is 0 Å². The minimum Gasteiger partial charge on any atom is -0.479 e. The molecule has 1 atom stereocenters. The molecule has 1 N–H and O–H groups in total. The van der Waals surface area contributed by atoms with Crippen molar-refractivity contribution in [2.24, 2.45) is 0 Å². The number of likely N-dealkylation sites (tertiary alicyclic amines) is 1. The number of rotatable bonds is 3. The summed E-state index contributed by atoms with van der Waals surface area (Å²) in [6, 6.07) is 5.72. The number of hydrogen-bond donors (Lipinski definition) is 1. The molecule has 3 rings (SSSR count). The van der Waals surface area contributed by atoms with Crippen molar-refractivity contribution in [2.75, 3.05) is 13.1 Å². The first-order valence-corrected chi connectivity index (χ1v) is 6.85. The monoisotopic (exact) mass is 295 g/mol. The lowest BCUT2D eigenvalue weighted by atomic mass is 9.94. The molecule has 2 fully saturated rings. The molecule has 1 aliphatic heterocycles. The second kappa shape index (κ2) is 4.51. The van der Waals surface area contributed by atoms with Crippen LogP contribution in [0, 0.1) is 5.82 Å². The summed E-state index contributed by atoms with van der Waals surface area (Å²) in [5.74, 6) is -2.16. The van der Waals surface area contributed by atoms with Gasteiger partial charge in [-0.1, -0.05) is 12.1 Å². The number of carboxylic acid groups (broad SMARTS) is 1. The van der Waals surface area contributed by atoms with Crippen molar-refractivity contribution in [2.45, 2.75) is 30.3 Å². The maximum Gasteiger partial charge on any atom is 0.343 e. The van der Waals surface area contributed by atoms with Crippen LogP contribution >= 0.6 is 0 Å². The van der Waals surface area contributed by atoms with Gasteiger partial charge in [-0.25, -0.2) is 13.6 Å². The van der Waals surface area contributed by atoms with Crippen molar-refractivity contribution in [1.82, 2.24) is 4.90 Å². The summed E-state index contributed by atoms with van der Waals surface area (Å²) < 4.78 is 27.0. The highest BCUT2D eigenvalue weighted by Gasteiger charge is 2.56. The molecule has 6 heteroatoms. The molecule has 2 aliphatic rings. The fraction of sp³-hybridized carbons (Fsp3) is 0.467. The van der Waals surface area contributed by atoms with Crippen molar-refractivity contribution >= 4 is 11.9 Å². The van der Waals surface area contributed by atoms with Crippen LogP contribution in [0.5, 0.6) is 0 Å². The summed E-state index contributed by atoms with van der Waals surface area (Å²) in [6.45, 7) is -0.311. The quantitative estimate of drug-likeness (QED) is 0.926. The van der Waals surface area contributed by atoms with E-state index in [0.717, 1.165) is 0 Å². The first-order chi connectivity index (χ1) is 9.87. The fourth-order valence-electron chi connectivity index (χ4n) is 2.94. The normalized spacial score (nSPS) is 26.7. The van der Waals surface area contributed by atoms with Crippen LogP contribution < -0.4 is 0 Å². The van der Waals surface area contributed by atoms with Crippen LogP contribution in [0.15, 0.2) is 24.3 Å². The lowest BCUT2D eigenvalue weighted by Crippen LogP contribution is -2.42. The van der Waals surface area contributed by atoms with E-state index in [-0.39, 0.29) is 24.7 Å². The van der Waals surface area contributed by atoms with Gasteiger partial charge in [0, 0.05) is 13.0 Å². The summed E-state index contributed by atoms with van der Waals surface area (Å²) in [5.41, 5.74) is -2.37. The van der Waals surface area contributed by atoms with Crippen LogP contribution in [0.1, 0.15) is 24.8 Å². The van der Waals surface area contributed by atoms with Gasteiger partial charge >= 0.3 is 5.97 Å². The molecule has 1 saturated carbocycles. The lowest BCUT2D eigenvalue weighted by Gasteiger charge is -2.24. The Hall–Kier alpha value is -1.98. The predicted octanol–water partition coefficient (Wildman–Crippen LogP) is 1.88. The van der Waals surface area contributed by atoms with Gasteiger partial charge in [0.2, 0.25) is 11.6 Å². The third kappa shape index (κ3) is 2.18. The Bertz CT molecular complexity index is 597. The van der Waals surface area contributed by atoms with E-state index >= 15 is 0 Å². The number of carbonyl (C=O) groups excluding carboxylic acids is 1. The number of hydrogen-bond acceptors (Lipinski definition) is 2. The van der Waals surface area contributed by atoms with Crippen molar-refractivity contribution < 1.29 is 23.5 Å². The number of amides is 1. The van der Waals surface area contributed by atoms with Crippen molar-refractivity contribution in [3.05, 3.63) is 35.6 Å². The Kier molecular flexibility index (Phi) is 3.00. The molecule has 21 heavy (non-hydrogen) atoms. The van der Waals surface area contributed by atoms with Gasteiger partial charge in [0.05, 0.1) is 12.0 Å². The molecule has 1 saturated heterocycles. The zero-order valence-electron chi connectivity index (χ0n) is 11.3. The van der Waals surface area contributed by atoms with E-state index in [0.29, 0.717) is 18.4 Å². The number of aliphatic carboxylic acids is 1. The summed E-state index contributed by atoms with van der Waals surface area (Å²) in [6.07, 6.45) is 1.06. The van der Waals surface area contributed by atoms with Gasteiger partial charge in [-0.2, -0.15) is 0 Å². The minimum atomic E-state index is -2.35. The van der Waals surface area contributed by atoms with Gasteiger partial charge < -0.3 is 10.0 Å². The molecule has 0 radical (unpaired) electrons. The van der Waals surface area contributed by atoms with Crippen molar-refractivity contribution in [3.8, 4) is 0 Å². The van der Waals surface area contributed by atoms with Gasteiger partial charge in [0.1, 0.15) is 5.82 Å². The Morgan fingerprint density at radius 2 is 1.76 bits per heavy atom. The number of carboxylic acids is 1. The Morgan fingerprint density at radius 1 is 1.14 bits per heavy atom. The van der Waals surface area contributed by atoms with Gasteiger partial charge in [0.15, 0.2) is 0 Å². The average Bonchev–Trinajstić information content (AvgIpc) is 3.16. The third-order valence-corrected chi connectivity index (χ3v) is 4.45. The van der Waals surface area contributed by atoms with Crippen LogP contribution in [-0.4, -0.2) is 40.6 Å². The molecule has 112 valence electrons. The topological polar surface area (TPSA) is 57.6 Å². The number of nitrogens with zero attached hydrogens (tertiary/aromatic N) is 1. The SMILES string of the molecule is O=C(O)C1(F)CCN(C(=O)C2(c3ccc(F)cc3)CC2)C1. The van der Waals surface area contributed by atoms with E-state index in [4.69, 9.17) is 5.11 Å². The highest BCUT2D eigenvalue weighted by atomic mass is 19.1. The standard InChI is InChI=1S/C15H15F2NO3/c16-11-3-1-10(2-4-11)14(5-6-14)12(19)18-8-7-15(17,9-18)13(20)21/h1-4H,5-9H2,(H,20,21). The molecule has 1 aromatic carbocycles. The molecule has 1 aromatic rings. The third-order valence-electron chi connectivity index (χ3n) is 4.45. The van der Waals surface area contributed by atoms with E-state index in [1.807, 2.05) is 0 Å². The molecule has 0 spiro atoms. The van der Waals surface area contributed by atoms with E-state index < -0.39 is 23.6 Å².